The Hall–Kier alpha value is -3.31. The van der Waals surface area contributed by atoms with Crippen molar-refractivity contribution >= 4 is 38.6 Å². The van der Waals surface area contributed by atoms with Crippen LogP contribution in [0.4, 0.5) is 10.3 Å². The Morgan fingerprint density at radius 2 is 1.85 bits per heavy atom. The molecule has 0 saturated carbocycles. The number of hydrogen-bond donors (Lipinski definition) is 5. The third-order valence-electron chi connectivity index (χ3n) is 5.14. The summed E-state index contributed by atoms with van der Waals surface area (Å²) in [5.74, 6) is 0.775. The Bertz CT molecular complexity index is 1180. The second kappa shape index (κ2) is 10.1. The quantitative estimate of drug-likeness (QED) is 0.129. The number of anilines is 2. The van der Waals surface area contributed by atoms with Gasteiger partial charge in [-0.15, -0.1) is 22.7 Å². The lowest BCUT2D eigenvalue weighted by Gasteiger charge is -2.36. The van der Waals surface area contributed by atoms with Gasteiger partial charge in [0.1, 0.15) is 11.3 Å². The third kappa shape index (κ3) is 5.20. The monoisotopic (exact) mass is 480 g/mol. The van der Waals surface area contributed by atoms with Gasteiger partial charge in [-0.3, -0.25) is 5.43 Å². The topological polar surface area (TPSA) is 115 Å². The first kappa shape index (κ1) is 22.9. The summed E-state index contributed by atoms with van der Waals surface area (Å²) in [5, 5.41) is 28.0. The number of nitrogens with zero attached hydrogens (tertiary/aromatic N) is 2. The van der Waals surface area contributed by atoms with Crippen molar-refractivity contribution in [2.45, 2.75) is 18.7 Å². The zero-order valence-corrected chi connectivity index (χ0v) is 19.7. The molecule has 2 atom stereocenters. The van der Waals surface area contributed by atoms with Crippen LogP contribution in [-0.4, -0.2) is 39.7 Å². The molecule has 2 aromatic carbocycles. The van der Waals surface area contributed by atoms with Crippen LogP contribution in [0.3, 0.4) is 0 Å². The maximum Gasteiger partial charge on any atom is 0.197 e. The first-order valence-electron chi connectivity index (χ1n) is 10.1. The summed E-state index contributed by atoms with van der Waals surface area (Å²) < 4.78 is 5.21. The maximum atomic E-state index is 11.2. The smallest absolute Gasteiger partial charge is 0.197 e. The highest BCUT2D eigenvalue weighted by Gasteiger charge is 2.39. The number of methoxy groups -OCH3 is 1. The minimum absolute atomic E-state index is 0.207. The molecule has 170 valence electrons. The Labute approximate surface area is 199 Å². The van der Waals surface area contributed by atoms with Gasteiger partial charge in [-0.2, -0.15) is 0 Å². The first-order chi connectivity index (χ1) is 16.0. The second-order valence-corrected chi connectivity index (χ2v) is 9.10. The number of benzene rings is 2. The normalized spacial score (nSPS) is 13.7. The van der Waals surface area contributed by atoms with Crippen molar-refractivity contribution in [3.05, 3.63) is 77.1 Å². The second-order valence-electron chi connectivity index (χ2n) is 7.34. The average Bonchev–Trinajstić information content (AvgIpc) is 3.55. The molecule has 33 heavy (non-hydrogen) atoms. The van der Waals surface area contributed by atoms with Gasteiger partial charge in [0, 0.05) is 22.5 Å². The standard InChI is InChI=1S/C23H24N6O2S2/c1-23(29-28-21-25-12-13-32-21,19(24)16-6-4-3-5-7-16)20(30)27-22-26-18(14-33-22)15-8-10-17(31-2)11-9-15/h3-14,20,24,29-30H,1-2H3,(H,25,28)(H,26,27). The van der Waals surface area contributed by atoms with Crippen molar-refractivity contribution in [1.82, 2.24) is 15.4 Å². The lowest BCUT2D eigenvalue weighted by Crippen LogP contribution is -2.62. The molecule has 0 aliphatic carbocycles. The van der Waals surface area contributed by atoms with E-state index in [2.05, 4.69) is 26.1 Å². The van der Waals surface area contributed by atoms with Crippen LogP contribution in [0.15, 0.2) is 71.6 Å². The van der Waals surface area contributed by atoms with E-state index in [1.807, 2.05) is 65.4 Å². The van der Waals surface area contributed by atoms with Crippen LogP contribution < -0.4 is 20.9 Å². The van der Waals surface area contributed by atoms with Gasteiger partial charge in [0.25, 0.3) is 0 Å². The molecule has 2 unspecified atom stereocenters. The van der Waals surface area contributed by atoms with Gasteiger partial charge < -0.3 is 20.6 Å². The van der Waals surface area contributed by atoms with Crippen molar-refractivity contribution in [2.24, 2.45) is 0 Å². The summed E-state index contributed by atoms with van der Waals surface area (Å²) in [6, 6.07) is 16.9. The molecule has 2 heterocycles. The summed E-state index contributed by atoms with van der Waals surface area (Å²) in [5.41, 5.74) is 7.52. The molecule has 0 amide bonds. The Kier molecular flexibility index (Phi) is 6.99. The van der Waals surface area contributed by atoms with Crippen molar-refractivity contribution in [3.8, 4) is 17.0 Å². The van der Waals surface area contributed by atoms with Crippen LogP contribution in [0.25, 0.3) is 11.3 Å². The molecule has 4 rings (SSSR count). The molecule has 0 bridgehead atoms. The van der Waals surface area contributed by atoms with Crippen molar-refractivity contribution in [2.75, 3.05) is 17.9 Å². The average molecular weight is 481 g/mol. The molecule has 0 saturated heterocycles. The highest BCUT2D eigenvalue weighted by Crippen LogP contribution is 2.28. The minimum atomic E-state index is -1.21. The van der Waals surface area contributed by atoms with Crippen molar-refractivity contribution in [1.29, 1.82) is 5.41 Å². The number of aliphatic hydroxyl groups is 1. The van der Waals surface area contributed by atoms with Gasteiger partial charge in [0.2, 0.25) is 0 Å². The number of hydrazine groups is 1. The predicted molar refractivity (Wildman–Crippen MR) is 134 cm³/mol. The van der Waals surface area contributed by atoms with Crippen LogP contribution in [0.2, 0.25) is 0 Å². The number of hydrogen-bond acceptors (Lipinski definition) is 10. The molecule has 0 aliphatic rings. The summed E-state index contributed by atoms with van der Waals surface area (Å²) in [7, 11) is 1.63. The van der Waals surface area contributed by atoms with Crippen LogP contribution >= 0.6 is 22.7 Å². The van der Waals surface area contributed by atoms with E-state index in [1.165, 1.54) is 22.7 Å². The Morgan fingerprint density at radius 3 is 2.52 bits per heavy atom. The van der Waals surface area contributed by atoms with E-state index in [-0.39, 0.29) is 5.71 Å². The van der Waals surface area contributed by atoms with Crippen LogP contribution in [-0.2, 0) is 0 Å². The summed E-state index contributed by atoms with van der Waals surface area (Å²) >= 11 is 2.79. The van der Waals surface area contributed by atoms with Crippen LogP contribution in [0.1, 0.15) is 12.5 Å². The molecule has 2 aromatic heterocycles. The number of aliphatic hydroxyl groups excluding tert-OH is 1. The van der Waals surface area contributed by atoms with Gasteiger partial charge in [-0.1, -0.05) is 30.3 Å². The lowest BCUT2D eigenvalue weighted by atomic mass is 9.89. The number of rotatable bonds is 10. The number of aromatic nitrogens is 2. The van der Waals surface area contributed by atoms with Gasteiger partial charge in [-0.05, 0) is 36.8 Å². The highest BCUT2D eigenvalue weighted by molar-refractivity contribution is 7.14. The molecule has 10 heteroatoms. The number of ether oxygens (including phenoxy) is 1. The van der Waals surface area contributed by atoms with Crippen molar-refractivity contribution in [3.63, 3.8) is 0 Å². The lowest BCUT2D eigenvalue weighted by molar-refractivity contribution is 0.137. The van der Waals surface area contributed by atoms with Gasteiger partial charge in [0.15, 0.2) is 16.5 Å². The molecule has 0 aliphatic heterocycles. The maximum absolute atomic E-state index is 11.2. The zero-order chi connectivity index (χ0) is 23.3. The van der Waals surface area contributed by atoms with E-state index in [4.69, 9.17) is 10.1 Å². The van der Waals surface area contributed by atoms with E-state index in [0.717, 1.165) is 17.0 Å². The molecule has 0 fully saturated rings. The first-order valence-corrected chi connectivity index (χ1v) is 11.9. The molecular formula is C23H24N6O2S2. The van der Waals surface area contributed by atoms with Gasteiger partial charge in [-0.25, -0.2) is 15.4 Å². The molecular weight excluding hydrogens is 456 g/mol. The van der Waals surface area contributed by atoms with E-state index in [9.17, 15) is 5.11 Å². The van der Waals surface area contributed by atoms with Gasteiger partial charge >= 0.3 is 0 Å². The van der Waals surface area contributed by atoms with Crippen LogP contribution in [0.5, 0.6) is 5.75 Å². The fourth-order valence-corrected chi connectivity index (χ4v) is 4.36. The zero-order valence-electron chi connectivity index (χ0n) is 18.1. The third-order valence-corrected chi connectivity index (χ3v) is 6.60. The van der Waals surface area contributed by atoms with E-state index in [1.54, 1.807) is 20.2 Å². The van der Waals surface area contributed by atoms with E-state index >= 15 is 0 Å². The minimum Gasteiger partial charge on any atom is -0.497 e. The summed E-state index contributed by atoms with van der Waals surface area (Å²) in [4.78, 5) is 8.81. The Balaban J connectivity index is 1.55. The fraction of sp³-hybridized carbons (Fsp3) is 0.174. The van der Waals surface area contributed by atoms with Crippen LogP contribution in [0, 0.1) is 5.41 Å². The fourth-order valence-electron chi connectivity index (χ4n) is 3.14. The molecule has 0 radical (unpaired) electrons. The Morgan fingerprint density at radius 1 is 1.09 bits per heavy atom. The molecule has 5 N–H and O–H groups in total. The predicted octanol–water partition coefficient (Wildman–Crippen LogP) is 4.45. The SMILES string of the molecule is COc1ccc(-c2csc(NC(O)C(C)(NNc3nccs3)C(=N)c3ccccc3)n2)cc1. The summed E-state index contributed by atoms with van der Waals surface area (Å²) in [6.07, 6.45) is 0.506. The molecule has 0 spiro atoms. The highest BCUT2D eigenvalue weighted by atomic mass is 32.1. The summed E-state index contributed by atoms with van der Waals surface area (Å²) in [6.45, 7) is 1.75. The molecule has 8 nitrogen and oxygen atoms in total. The molecule has 4 aromatic rings. The largest absolute Gasteiger partial charge is 0.497 e. The van der Waals surface area contributed by atoms with E-state index < -0.39 is 11.8 Å². The van der Waals surface area contributed by atoms with Crippen molar-refractivity contribution < 1.29 is 9.84 Å². The van der Waals surface area contributed by atoms with E-state index in [0.29, 0.717) is 15.8 Å². The number of nitrogens with one attached hydrogen (secondary N) is 4. The van der Waals surface area contributed by atoms with Gasteiger partial charge in [0.05, 0.1) is 18.5 Å². The number of thiazole rings is 2.